The van der Waals surface area contributed by atoms with E-state index in [1.54, 1.807) is 0 Å². The van der Waals surface area contributed by atoms with Crippen LogP contribution < -0.4 is 0 Å². The monoisotopic (exact) mass is 538 g/mol. The Balaban J connectivity index is 1.50. The number of fused-ring (bicyclic) bond motifs is 2. The van der Waals surface area contributed by atoms with Crippen LogP contribution in [0.3, 0.4) is 0 Å². The van der Waals surface area contributed by atoms with Crippen molar-refractivity contribution in [3.8, 4) is 0 Å². The lowest BCUT2D eigenvalue weighted by Crippen LogP contribution is -2.27. The standard InChI is InChI=1S/C36H43ClN2/c1-7-24-38-30-18-11-9-16-28(30)35(3,4)32(38)22-20-26-14-13-15-27(34(26)37)21-23-33-36(5,6)29-17-10-12-19-31(29)39(33)25-8-2/h9-12,16-24H,7-8,13-15,25H2,1-6H3/q+2. The van der Waals surface area contributed by atoms with Gasteiger partial charge in [0.25, 0.3) is 0 Å². The third kappa shape index (κ3) is 4.82. The highest BCUT2D eigenvalue weighted by molar-refractivity contribution is 6.32. The molecule has 0 unspecified atom stereocenters. The molecular weight excluding hydrogens is 496 g/mol. The average Bonchev–Trinajstić information content (AvgIpc) is 3.27. The molecule has 0 fully saturated rings. The molecule has 2 heterocycles. The van der Waals surface area contributed by atoms with Crippen molar-refractivity contribution in [1.82, 2.24) is 0 Å². The number of para-hydroxylation sites is 2. The summed E-state index contributed by atoms with van der Waals surface area (Å²) in [5, 5.41) is 0.921. The molecular formula is C36H43ClN2+2. The van der Waals surface area contributed by atoms with E-state index in [0.717, 1.165) is 43.7 Å². The second kappa shape index (κ2) is 10.9. The fraction of sp³-hybridized carbons (Fsp3) is 0.389. The summed E-state index contributed by atoms with van der Waals surface area (Å²) in [5.74, 6) is 0. The van der Waals surface area contributed by atoms with Gasteiger partial charge in [0.1, 0.15) is 6.54 Å². The Hall–Kier alpha value is -2.97. The van der Waals surface area contributed by atoms with Crippen molar-refractivity contribution in [3.63, 3.8) is 0 Å². The topological polar surface area (TPSA) is 6.02 Å². The van der Waals surface area contributed by atoms with Gasteiger partial charge in [-0.25, -0.2) is 0 Å². The molecule has 202 valence electrons. The van der Waals surface area contributed by atoms with Crippen LogP contribution in [0.5, 0.6) is 0 Å². The van der Waals surface area contributed by atoms with Crippen molar-refractivity contribution in [2.24, 2.45) is 0 Å². The Morgan fingerprint density at radius 1 is 0.821 bits per heavy atom. The molecule has 2 aliphatic heterocycles. The molecule has 5 rings (SSSR count). The highest BCUT2D eigenvalue weighted by Crippen LogP contribution is 2.46. The first-order chi connectivity index (χ1) is 18.7. The molecule has 0 bridgehead atoms. The summed E-state index contributed by atoms with van der Waals surface area (Å²) < 4.78 is 4.88. The van der Waals surface area contributed by atoms with E-state index in [-0.39, 0.29) is 10.8 Å². The zero-order valence-corrected chi connectivity index (χ0v) is 25.3. The van der Waals surface area contributed by atoms with Crippen LogP contribution in [0.4, 0.5) is 11.4 Å². The van der Waals surface area contributed by atoms with Crippen molar-refractivity contribution in [2.45, 2.75) is 84.5 Å². The van der Waals surface area contributed by atoms with Crippen LogP contribution in [0, 0.1) is 0 Å². The number of allylic oxidation sites excluding steroid dienone is 8. The molecule has 0 atom stereocenters. The first-order valence-corrected chi connectivity index (χ1v) is 15.0. The number of hydrogen-bond donors (Lipinski definition) is 0. The molecule has 2 aromatic carbocycles. The predicted molar refractivity (Wildman–Crippen MR) is 167 cm³/mol. The number of nitrogens with zero attached hydrogens (tertiary/aromatic N) is 2. The van der Waals surface area contributed by atoms with Crippen molar-refractivity contribution < 1.29 is 9.15 Å². The van der Waals surface area contributed by atoms with Gasteiger partial charge < -0.3 is 0 Å². The van der Waals surface area contributed by atoms with Gasteiger partial charge in [-0.15, -0.1) is 0 Å². The number of benzene rings is 2. The van der Waals surface area contributed by atoms with E-state index >= 15 is 0 Å². The average molecular weight is 539 g/mol. The smallest absolute Gasteiger partial charge is 0.195 e. The van der Waals surface area contributed by atoms with Crippen molar-refractivity contribution in [3.05, 3.63) is 106 Å². The summed E-state index contributed by atoms with van der Waals surface area (Å²) in [6.07, 6.45) is 16.8. The Morgan fingerprint density at radius 2 is 1.49 bits per heavy atom. The van der Waals surface area contributed by atoms with Gasteiger partial charge in [0.2, 0.25) is 11.4 Å². The van der Waals surface area contributed by atoms with Crippen molar-refractivity contribution in [2.75, 3.05) is 6.54 Å². The van der Waals surface area contributed by atoms with Crippen molar-refractivity contribution in [1.29, 1.82) is 0 Å². The van der Waals surface area contributed by atoms with Crippen LogP contribution in [-0.2, 0) is 10.8 Å². The minimum atomic E-state index is -0.0602. The van der Waals surface area contributed by atoms with Crippen LogP contribution >= 0.6 is 11.6 Å². The summed E-state index contributed by atoms with van der Waals surface area (Å²) in [6.45, 7) is 14.8. The molecule has 3 heteroatoms. The van der Waals surface area contributed by atoms with E-state index in [0.29, 0.717) is 0 Å². The Morgan fingerprint density at radius 3 is 2.18 bits per heavy atom. The molecule has 3 aliphatic rings. The van der Waals surface area contributed by atoms with Crippen molar-refractivity contribution >= 4 is 34.9 Å². The molecule has 0 aromatic heterocycles. The SMILES string of the molecule is CCC=[N+]1C(=CC=C2CCCC(C=CC3=[N+](CCC)c4ccccc4C3(C)C)=C2Cl)C(C)(C)c2ccccc21. The zero-order chi connectivity index (χ0) is 27.8. The van der Waals surface area contributed by atoms with E-state index in [4.69, 9.17) is 11.6 Å². The largest absolute Gasteiger partial charge is 0.214 e. The Bertz CT molecular complexity index is 1470. The third-order valence-electron chi connectivity index (χ3n) is 8.69. The Kier molecular flexibility index (Phi) is 7.71. The second-order valence-electron chi connectivity index (χ2n) is 12.1. The molecule has 0 amide bonds. The van der Waals surface area contributed by atoms with Crippen LogP contribution in [-0.4, -0.2) is 27.6 Å². The second-order valence-corrected chi connectivity index (χ2v) is 12.4. The summed E-state index contributed by atoms with van der Waals surface area (Å²) in [6, 6.07) is 17.6. The maximum absolute atomic E-state index is 7.12. The van der Waals surface area contributed by atoms with E-state index in [2.05, 4.69) is 130 Å². The lowest BCUT2D eigenvalue weighted by atomic mass is 9.81. The molecule has 0 spiro atoms. The van der Waals surface area contributed by atoms with Crippen LogP contribution in [0.2, 0.25) is 0 Å². The maximum atomic E-state index is 7.12. The number of hydrogen-bond acceptors (Lipinski definition) is 0. The molecule has 0 N–H and O–H groups in total. The molecule has 1 aliphatic carbocycles. The van der Waals surface area contributed by atoms with Crippen LogP contribution in [0.25, 0.3) is 0 Å². The first-order valence-electron chi connectivity index (χ1n) is 14.7. The quantitative estimate of drug-likeness (QED) is 0.323. The fourth-order valence-electron chi connectivity index (χ4n) is 6.62. The van der Waals surface area contributed by atoms with E-state index in [1.807, 2.05) is 0 Å². The third-order valence-corrected chi connectivity index (χ3v) is 9.17. The van der Waals surface area contributed by atoms with Gasteiger partial charge in [-0.2, -0.15) is 9.15 Å². The van der Waals surface area contributed by atoms with E-state index in [9.17, 15) is 0 Å². The Labute approximate surface area is 240 Å². The normalized spacial score (nSPS) is 23.0. The molecule has 39 heavy (non-hydrogen) atoms. The van der Waals surface area contributed by atoms with Gasteiger partial charge in [0.05, 0.1) is 10.8 Å². The first kappa shape index (κ1) is 27.6. The van der Waals surface area contributed by atoms with Gasteiger partial charge >= 0.3 is 0 Å². The minimum absolute atomic E-state index is 0.0324. The molecule has 2 aromatic rings. The minimum Gasteiger partial charge on any atom is -0.195 e. The van der Waals surface area contributed by atoms with Gasteiger partial charge in [-0.1, -0.05) is 74.0 Å². The van der Waals surface area contributed by atoms with Gasteiger partial charge in [0.15, 0.2) is 17.6 Å². The van der Waals surface area contributed by atoms with Crippen LogP contribution in [0.15, 0.2) is 94.7 Å². The molecule has 2 nitrogen and oxygen atoms in total. The zero-order valence-electron chi connectivity index (χ0n) is 24.5. The predicted octanol–water partition coefficient (Wildman–Crippen LogP) is 9.63. The van der Waals surface area contributed by atoms with Crippen LogP contribution in [0.1, 0.15) is 84.8 Å². The molecule has 0 saturated heterocycles. The maximum Gasteiger partial charge on any atom is 0.214 e. The fourth-order valence-corrected chi connectivity index (χ4v) is 6.94. The lowest BCUT2D eigenvalue weighted by Gasteiger charge is -2.18. The van der Waals surface area contributed by atoms with E-state index in [1.165, 1.54) is 45.1 Å². The van der Waals surface area contributed by atoms with Gasteiger partial charge in [-0.05, 0) is 58.1 Å². The summed E-state index contributed by atoms with van der Waals surface area (Å²) >= 11 is 7.12. The highest BCUT2D eigenvalue weighted by Gasteiger charge is 2.46. The molecule has 0 radical (unpaired) electrons. The van der Waals surface area contributed by atoms with Gasteiger partial charge in [-0.3, -0.25) is 0 Å². The summed E-state index contributed by atoms with van der Waals surface area (Å²) in [5.41, 5.74) is 10.5. The molecule has 0 saturated carbocycles. The highest BCUT2D eigenvalue weighted by atomic mass is 35.5. The van der Waals surface area contributed by atoms with E-state index < -0.39 is 0 Å². The number of halogens is 1. The van der Waals surface area contributed by atoms with Gasteiger partial charge in [0, 0.05) is 53.3 Å². The lowest BCUT2D eigenvalue weighted by molar-refractivity contribution is -0.437. The summed E-state index contributed by atoms with van der Waals surface area (Å²) in [4.78, 5) is 0. The number of rotatable bonds is 6. The summed E-state index contributed by atoms with van der Waals surface area (Å²) in [7, 11) is 0.